The van der Waals surface area contributed by atoms with Gasteiger partial charge in [0.2, 0.25) is 5.91 Å². The van der Waals surface area contributed by atoms with Gasteiger partial charge in [0.15, 0.2) is 0 Å². The van der Waals surface area contributed by atoms with Crippen molar-refractivity contribution in [3.05, 3.63) is 0 Å². The summed E-state index contributed by atoms with van der Waals surface area (Å²) in [6.07, 6.45) is -6.07. The van der Waals surface area contributed by atoms with Gasteiger partial charge in [0.1, 0.15) is 12.5 Å². The number of nitriles is 1. The molecule has 14 heavy (non-hydrogen) atoms. The maximum Gasteiger partial charge on any atom is 0.397 e. The van der Waals surface area contributed by atoms with Crippen LogP contribution < -0.4 is 5.32 Å². The number of hydrogen-bond donors (Lipinski definition) is 1. The molecule has 0 aromatic carbocycles. The van der Waals surface area contributed by atoms with Crippen LogP contribution in [0.2, 0.25) is 0 Å². The van der Waals surface area contributed by atoms with E-state index in [1.807, 2.05) is 5.32 Å². The molecule has 0 aromatic rings. The number of hydrogen-bond acceptors (Lipinski definition) is 2. The Morgan fingerprint density at radius 1 is 1.50 bits per heavy atom. The monoisotopic (exact) mass is 208 g/mol. The third-order valence-corrected chi connectivity index (χ3v) is 1.48. The average molecular weight is 208 g/mol. The standard InChI is InChI=1S/C8H11F3N2O/c1-5(2)6(4-12)13-7(14)3-8(9,10)11/h5-6H,3H2,1-2H3,(H,13,14). The molecule has 1 N–H and O–H groups in total. The maximum absolute atomic E-state index is 11.7. The molecule has 1 amide bonds. The summed E-state index contributed by atoms with van der Waals surface area (Å²) in [5.74, 6) is -1.38. The molecule has 0 aliphatic carbocycles. The van der Waals surface area contributed by atoms with E-state index >= 15 is 0 Å². The molecule has 6 heteroatoms. The Balaban J connectivity index is 4.13. The number of rotatable bonds is 3. The van der Waals surface area contributed by atoms with E-state index in [2.05, 4.69) is 0 Å². The molecule has 0 aliphatic heterocycles. The fourth-order valence-corrected chi connectivity index (χ4v) is 0.755. The van der Waals surface area contributed by atoms with Gasteiger partial charge in [-0.3, -0.25) is 4.79 Å². The Morgan fingerprint density at radius 2 is 2.00 bits per heavy atom. The Morgan fingerprint density at radius 3 is 2.29 bits per heavy atom. The number of halogens is 3. The van der Waals surface area contributed by atoms with E-state index in [9.17, 15) is 18.0 Å². The van der Waals surface area contributed by atoms with Gasteiger partial charge in [-0.15, -0.1) is 0 Å². The Kier molecular flexibility index (Phi) is 4.41. The van der Waals surface area contributed by atoms with Crippen molar-refractivity contribution in [1.29, 1.82) is 5.26 Å². The molecule has 0 aliphatic rings. The van der Waals surface area contributed by atoms with Crippen LogP contribution in [0.1, 0.15) is 20.3 Å². The summed E-state index contributed by atoms with van der Waals surface area (Å²) in [6.45, 7) is 3.28. The van der Waals surface area contributed by atoms with E-state index in [4.69, 9.17) is 5.26 Å². The van der Waals surface area contributed by atoms with Crippen molar-refractivity contribution in [2.45, 2.75) is 32.5 Å². The molecular formula is C8H11F3N2O. The fraction of sp³-hybridized carbons (Fsp3) is 0.750. The molecule has 80 valence electrons. The molecule has 1 unspecified atom stereocenters. The number of nitrogens with zero attached hydrogens (tertiary/aromatic N) is 1. The van der Waals surface area contributed by atoms with Gasteiger partial charge in [0.25, 0.3) is 0 Å². The minimum atomic E-state index is -4.53. The first-order chi connectivity index (χ1) is 6.26. The zero-order valence-electron chi connectivity index (χ0n) is 7.85. The number of alkyl halides is 3. The zero-order valence-corrected chi connectivity index (χ0v) is 7.85. The second kappa shape index (κ2) is 4.84. The predicted molar refractivity (Wildman–Crippen MR) is 43.1 cm³/mol. The van der Waals surface area contributed by atoms with E-state index < -0.39 is 24.5 Å². The smallest absolute Gasteiger partial charge is 0.340 e. The molecule has 0 saturated carbocycles. The van der Waals surface area contributed by atoms with E-state index in [0.717, 1.165) is 0 Å². The lowest BCUT2D eigenvalue weighted by molar-refractivity contribution is -0.154. The highest BCUT2D eigenvalue weighted by atomic mass is 19.4. The Bertz CT molecular complexity index is 242. The third-order valence-electron chi connectivity index (χ3n) is 1.48. The molecule has 0 bridgehead atoms. The largest absolute Gasteiger partial charge is 0.397 e. The third kappa shape index (κ3) is 5.41. The Hall–Kier alpha value is -1.25. The lowest BCUT2D eigenvalue weighted by Gasteiger charge is -2.15. The summed E-state index contributed by atoms with van der Waals surface area (Å²) in [4.78, 5) is 10.8. The Labute approximate surface area is 79.9 Å². The van der Waals surface area contributed by atoms with Crippen LogP contribution in [0.5, 0.6) is 0 Å². The second-order valence-corrected chi connectivity index (χ2v) is 3.21. The molecule has 0 rings (SSSR count). The molecule has 0 saturated heterocycles. The van der Waals surface area contributed by atoms with E-state index in [1.165, 1.54) is 0 Å². The van der Waals surface area contributed by atoms with Crippen molar-refractivity contribution in [3.63, 3.8) is 0 Å². The molecule has 0 aromatic heterocycles. The van der Waals surface area contributed by atoms with Crippen LogP contribution in [-0.4, -0.2) is 18.1 Å². The summed E-state index contributed by atoms with van der Waals surface area (Å²) in [6, 6.07) is 0.848. The normalized spacial score (nSPS) is 13.5. The number of carbonyl (C=O) groups is 1. The van der Waals surface area contributed by atoms with Crippen LogP contribution in [0.25, 0.3) is 0 Å². The van der Waals surface area contributed by atoms with Crippen molar-refractivity contribution >= 4 is 5.91 Å². The average Bonchev–Trinajstić information content (AvgIpc) is 1.96. The second-order valence-electron chi connectivity index (χ2n) is 3.21. The first kappa shape index (κ1) is 12.8. The van der Waals surface area contributed by atoms with Gasteiger partial charge in [-0.1, -0.05) is 13.8 Å². The molecule has 3 nitrogen and oxygen atoms in total. The highest BCUT2D eigenvalue weighted by Gasteiger charge is 2.32. The van der Waals surface area contributed by atoms with E-state index in [0.29, 0.717) is 0 Å². The molecular weight excluding hydrogens is 197 g/mol. The summed E-state index contributed by atoms with van der Waals surface area (Å²) >= 11 is 0. The summed E-state index contributed by atoms with van der Waals surface area (Å²) in [5, 5.41) is 10.5. The van der Waals surface area contributed by atoms with Crippen molar-refractivity contribution in [2.24, 2.45) is 5.92 Å². The van der Waals surface area contributed by atoms with Crippen molar-refractivity contribution in [1.82, 2.24) is 5.32 Å². The van der Waals surface area contributed by atoms with Crippen LogP contribution in [-0.2, 0) is 4.79 Å². The van der Waals surface area contributed by atoms with Crippen LogP contribution in [0, 0.1) is 17.2 Å². The zero-order chi connectivity index (χ0) is 11.4. The van der Waals surface area contributed by atoms with Crippen molar-refractivity contribution in [3.8, 4) is 6.07 Å². The van der Waals surface area contributed by atoms with E-state index in [1.54, 1.807) is 19.9 Å². The van der Waals surface area contributed by atoms with Gasteiger partial charge in [-0.05, 0) is 5.92 Å². The topological polar surface area (TPSA) is 52.9 Å². The van der Waals surface area contributed by atoms with Gasteiger partial charge < -0.3 is 5.32 Å². The highest BCUT2D eigenvalue weighted by Crippen LogP contribution is 2.19. The summed E-state index contributed by atoms with van der Waals surface area (Å²) < 4.78 is 35.2. The molecule has 0 fully saturated rings. The van der Waals surface area contributed by atoms with Crippen LogP contribution in [0.15, 0.2) is 0 Å². The fourth-order valence-electron chi connectivity index (χ4n) is 0.755. The number of nitrogens with one attached hydrogen (secondary N) is 1. The molecule has 1 atom stereocenters. The minimum Gasteiger partial charge on any atom is -0.340 e. The number of carbonyl (C=O) groups excluding carboxylic acids is 1. The first-order valence-corrected chi connectivity index (χ1v) is 4.02. The lowest BCUT2D eigenvalue weighted by atomic mass is 10.1. The van der Waals surface area contributed by atoms with Crippen LogP contribution in [0.3, 0.4) is 0 Å². The highest BCUT2D eigenvalue weighted by molar-refractivity contribution is 5.77. The van der Waals surface area contributed by atoms with Gasteiger partial charge in [0, 0.05) is 0 Å². The van der Waals surface area contributed by atoms with Gasteiger partial charge >= 0.3 is 6.18 Å². The molecule has 0 radical (unpaired) electrons. The van der Waals surface area contributed by atoms with Crippen LogP contribution >= 0.6 is 0 Å². The maximum atomic E-state index is 11.7. The predicted octanol–water partition coefficient (Wildman–Crippen LogP) is 1.60. The van der Waals surface area contributed by atoms with Crippen LogP contribution in [0.4, 0.5) is 13.2 Å². The summed E-state index contributed by atoms with van der Waals surface area (Å²) in [7, 11) is 0. The number of amides is 1. The first-order valence-electron chi connectivity index (χ1n) is 4.02. The summed E-state index contributed by atoms with van der Waals surface area (Å²) in [5.41, 5.74) is 0. The lowest BCUT2D eigenvalue weighted by Crippen LogP contribution is -2.39. The molecule has 0 heterocycles. The van der Waals surface area contributed by atoms with Gasteiger partial charge in [-0.2, -0.15) is 18.4 Å². The van der Waals surface area contributed by atoms with Crippen molar-refractivity contribution < 1.29 is 18.0 Å². The molecule has 0 spiro atoms. The SMILES string of the molecule is CC(C)C(C#N)NC(=O)CC(F)(F)F. The van der Waals surface area contributed by atoms with Gasteiger partial charge in [0.05, 0.1) is 6.07 Å². The van der Waals surface area contributed by atoms with Gasteiger partial charge in [-0.25, -0.2) is 0 Å². The minimum absolute atomic E-state index is 0.211. The quantitative estimate of drug-likeness (QED) is 0.765. The van der Waals surface area contributed by atoms with Crippen molar-refractivity contribution in [2.75, 3.05) is 0 Å². The van der Waals surface area contributed by atoms with E-state index in [-0.39, 0.29) is 5.92 Å².